The van der Waals surface area contributed by atoms with Gasteiger partial charge in [0.15, 0.2) is 4.34 Å². The molecule has 0 aliphatic rings. The summed E-state index contributed by atoms with van der Waals surface area (Å²) in [7, 11) is 0. The van der Waals surface area contributed by atoms with Crippen molar-refractivity contribution in [3.63, 3.8) is 0 Å². The Morgan fingerprint density at radius 2 is 2.00 bits per heavy atom. The molecule has 0 saturated heterocycles. The Hall–Kier alpha value is -0.490. The minimum atomic E-state index is 0.454. The third-order valence-corrected chi connectivity index (χ3v) is 4.16. The highest BCUT2D eigenvalue weighted by molar-refractivity contribution is 8.01. The first kappa shape index (κ1) is 11.0. The third kappa shape index (κ3) is 2.55. The molecule has 78 valence electrons. The van der Waals surface area contributed by atoms with Crippen LogP contribution in [0, 0.1) is 0 Å². The molecular formula is C8H5Cl2N3S2. The van der Waals surface area contributed by atoms with Gasteiger partial charge in [0.25, 0.3) is 0 Å². The van der Waals surface area contributed by atoms with Gasteiger partial charge in [-0.3, -0.25) is 0 Å². The van der Waals surface area contributed by atoms with Crippen molar-refractivity contribution in [1.29, 1.82) is 0 Å². The lowest BCUT2D eigenvalue weighted by atomic mass is 10.3. The number of rotatable bonds is 2. The Labute approximate surface area is 105 Å². The van der Waals surface area contributed by atoms with E-state index >= 15 is 0 Å². The van der Waals surface area contributed by atoms with Gasteiger partial charge in [-0.05, 0) is 12.1 Å². The zero-order valence-corrected chi connectivity index (χ0v) is 10.4. The first-order chi connectivity index (χ1) is 7.16. The summed E-state index contributed by atoms with van der Waals surface area (Å²) in [4.78, 5) is 0.834. The Morgan fingerprint density at radius 3 is 2.67 bits per heavy atom. The number of aromatic nitrogens is 2. The van der Waals surface area contributed by atoms with Gasteiger partial charge < -0.3 is 5.73 Å². The van der Waals surface area contributed by atoms with Crippen LogP contribution < -0.4 is 5.73 Å². The van der Waals surface area contributed by atoms with Gasteiger partial charge >= 0.3 is 0 Å². The Bertz CT molecular complexity index is 473. The highest BCUT2D eigenvalue weighted by Crippen LogP contribution is 2.37. The van der Waals surface area contributed by atoms with Gasteiger partial charge in [0.2, 0.25) is 0 Å². The topological polar surface area (TPSA) is 51.8 Å². The molecule has 0 aliphatic carbocycles. The molecule has 1 heterocycles. The van der Waals surface area contributed by atoms with Crippen molar-refractivity contribution < 1.29 is 0 Å². The van der Waals surface area contributed by atoms with Crippen LogP contribution in [0.2, 0.25) is 10.0 Å². The van der Waals surface area contributed by atoms with Crippen LogP contribution in [0.25, 0.3) is 0 Å². The van der Waals surface area contributed by atoms with Gasteiger partial charge in [-0.1, -0.05) is 46.3 Å². The molecule has 0 fully saturated rings. The maximum atomic E-state index is 5.89. The van der Waals surface area contributed by atoms with Gasteiger partial charge in [0, 0.05) is 10.6 Å². The first-order valence-electron chi connectivity index (χ1n) is 3.85. The van der Waals surface area contributed by atoms with Crippen LogP contribution in [-0.2, 0) is 0 Å². The largest absolute Gasteiger partial charge is 0.398 e. The number of nitrogen functional groups attached to an aromatic ring is 1. The molecule has 0 atom stereocenters. The minimum absolute atomic E-state index is 0.454. The predicted octanol–water partition coefficient (Wildman–Crippen LogP) is 3.58. The second-order valence-corrected chi connectivity index (χ2v) is 5.55. The molecule has 1 aromatic carbocycles. The summed E-state index contributed by atoms with van der Waals surface area (Å²) < 4.78 is 0.820. The van der Waals surface area contributed by atoms with Crippen molar-refractivity contribution >= 4 is 52.0 Å². The van der Waals surface area contributed by atoms with Crippen molar-refractivity contribution in [1.82, 2.24) is 10.2 Å². The van der Waals surface area contributed by atoms with Crippen LogP contribution in [-0.4, -0.2) is 10.2 Å². The summed E-state index contributed by atoms with van der Waals surface area (Å²) in [5.74, 6) is 0. The fraction of sp³-hybridized carbons (Fsp3) is 0. The van der Waals surface area contributed by atoms with E-state index in [1.54, 1.807) is 17.6 Å². The number of nitrogens with zero attached hydrogens (tertiary/aromatic N) is 2. The highest BCUT2D eigenvalue weighted by atomic mass is 35.5. The molecule has 2 N–H and O–H groups in total. The lowest BCUT2D eigenvalue weighted by Gasteiger charge is -2.04. The average Bonchev–Trinajstić information content (AvgIpc) is 2.67. The van der Waals surface area contributed by atoms with E-state index in [0.717, 1.165) is 9.24 Å². The third-order valence-electron chi connectivity index (χ3n) is 1.59. The molecule has 15 heavy (non-hydrogen) atoms. The van der Waals surface area contributed by atoms with Crippen molar-refractivity contribution in [3.05, 3.63) is 27.7 Å². The monoisotopic (exact) mass is 277 g/mol. The second-order valence-electron chi connectivity index (χ2n) is 2.61. The summed E-state index contributed by atoms with van der Waals surface area (Å²) in [6.07, 6.45) is 0. The van der Waals surface area contributed by atoms with Gasteiger partial charge in [-0.25, -0.2) is 0 Å². The summed E-state index contributed by atoms with van der Waals surface area (Å²) in [5, 5.41) is 8.58. The fourth-order valence-corrected chi connectivity index (χ4v) is 2.83. The first-order valence-corrected chi connectivity index (χ1v) is 6.30. The van der Waals surface area contributed by atoms with Gasteiger partial charge in [0.1, 0.15) is 5.51 Å². The average molecular weight is 278 g/mol. The number of nitrogens with two attached hydrogens (primary N) is 1. The smallest absolute Gasteiger partial charge is 0.178 e. The van der Waals surface area contributed by atoms with E-state index in [2.05, 4.69) is 10.2 Å². The van der Waals surface area contributed by atoms with E-state index in [-0.39, 0.29) is 0 Å². The van der Waals surface area contributed by atoms with Gasteiger partial charge in [0.05, 0.1) is 10.0 Å². The Balaban J connectivity index is 2.33. The molecule has 1 aromatic heterocycles. The SMILES string of the molecule is Nc1cc(Cl)c(Cl)cc1Sc1nncs1. The fourth-order valence-electron chi connectivity index (χ4n) is 0.934. The van der Waals surface area contributed by atoms with Crippen LogP contribution in [0.1, 0.15) is 0 Å². The summed E-state index contributed by atoms with van der Waals surface area (Å²) in [6.45, 7) is 0. The molecule has 0 radical (unpaired) electrons. The predicted molar refractivity (Wildman–Crippen MR) is 64.9 cm³/mol. The number of anilines is 1. The van der Waals surface area contributed by atoms with E-state index in [4.69, 9.17) is 28.9 Å². The Morgan fingerprint density at radius 1 is 1.27 bits per heavy atom. The van der Waals surface area contributed by atoms with Crippen LogP contribution in [0.3, 0.4) is 0 Å². The lowest BCUT2D eigenvalue weighted by Crippen LogP contribution is -1.88. The summed E-state index contributed by atoms with van der Waals surface area (Å²) in [5.41, 5.74) is 8.05. The molecule has 2 aromatic rings. The number of hydrogen-bond acceptors (Lipinski definition) is 5. The summed E-state index contributed by atoms with van der Waals surface area (Å²) in [6, 6.07) is 3.36. The summed E-state index contributed by atoms with van der Waals surface area (Å²) >= 11 is 14.6. The second kappa shape index (κ2) is 4.57. The maximum Gasteiger partial charge on any atom is 0.178 e. The van der Waals surface area contributed by atoms with Crippen LogP contribution in [0.15, 0.2) is 26.9 Å². The van der Waals surface area contributed by atoms with Crippen molar-refractivity contribution in [3.8, 4) is 0 Å². The molecule has 0 spiro atoms. The van der Waals surface area contributed by atoms with E-state index < -0.39 is 0 Å². The molecule has 7 heteroatoms. The molecule has 0 aliphatic heterocycles. The standard InChI is InChI=1S/C8H5Cl2N3S2/c9-4-1-6(11)7(2-5(4)10)15-8-13-12-3-14-8/h1-3H,11H2. The van der Waals surface area contributed by atoms with Crippen molar-refractivity contribution in [2.24, 2.45) is 0 Å². The molecule has 0 bridgehead atoms. The maximum absolute atomic E-state index is 5.89. The quantitative estimate of drug-likeness (QED) is 0.853. The van der Waals surface area contributed by atoms with Crippen LogP contribution in [0.5, 0.6) is 0 Å². The van der Waals surface area contributed by atoms with Gasteiger partial charge in [-0.2, -0.15) is 0 Å². The van der Waals surface area contributed by atoms with Crippen molar-refractivity contribution in [2.45, 2.75) is 9.24 Å². The lowest BCUT2D eigenvalue weighted by molar-refractivity contribution is 1.01. The molecule has 3 nitrogen and oxygen atoms in total. The van der Waals surface area contributed by atoms with E-state index in [1.807, 2.05) is 0 Å². The number of hydrogen-bond donors (Lipinski definition) is 1. The van der Waals surface area contributed by atoms with Crippen molar-refractivity contribution in [2.75, 3.05) is 5.73 Å². The van der Waals surface area contributed by atoms with E-state index in [0.29, 0.717) is 15.7 Å². The molecule has 0 unspecified atom stereocenters. The number of halogens is 2. The van der Waals surface area contributed by atoms with Crippen LogP contribution in [0.4, 0.5) is 5.69 Å². The van der Waals surface area contributed by atoms with Crippen LogP contribution >= 0.6 is 46.3 Å². The van der Waals surface area contributed by atoms with E-state index in [9.17, 15) is 0 Å². The molecule has 0 amide bonds. The molecule has 2 rings (SSSR count). The van der Waals surface area contributed by atoms with E-state index in [1.165, 1.54) is 23.1 Å². The molecule has 0 saturated carbocycles. The highest BCUT2D eigenvalue weighted by Gasteiger charge is 2.08. The minimum Gasteiger partial charge on any atom is -0.398 e. The number of benzene rings is 1. The normalized spacial score (nSPS) is 10.5. The Kier molecular flexibility index (Phi) is 3.35. The zero-order valence-electron chi connectivity index (χ0n) is 7.28. The van der Waals surface area contributed by atoms with Gasteiger partial charge in [-0.15, -0.1) is 10.2 Å². The zero-order chi connectivity index (χ0) is 10.8. The molecular weight excluding hydrogens is 273 g/mol.